The molecule has 42 heavy (non-hydrogen) atoms. The lowest BCUT2D eigenvalue weighted by Crippen LogP contribution is -2.29. The van der Waals surface area contributed by atoms with Gasteiger partial charge in [0.25, 0.3) is 0 Å². The highest BCUT2D eigenvalue weighted by Gasteiger charge is 2.17. The van der Waals surface area contributed by atoms with Gasteiger partial charge >= 0.3 is 0 Å². The number of unbranched alkanes of at least 4 members (excludes halogenated alkanes) is 1. The molecule has 1 saturated heterocycles. The number of hydrogen-bond acceptors (Lipinski definition) is 9. The van der Waals surface area contributed by atoms with Crippen LogP contribution < -0.4 is 24.8 Å². The van der Waals surface area contributed by atoms with Gasteiger partial charge in [0, 0.05) is 36.8 Å². The van der Waals surface area contributed by atoms with E-state index in [1.807, 2.05) is 24.5 Å². The van der Waals surface area contributed by atoms with Crippen molar-refractivity contribution in [3.8, 4) is 17.2 Å². The first-order chi connectivity index (χ1) is 20.6. The van der Waals surface area contributed by atoms with Gasteiger partial charge in [-0.2, -0.15) is 9.97 Å². The Labute approximate surface area is 248 Å². The van der Waals surface area contributed by atoms with Crippen LogP contribution in [0.1, 0.15) is 55.7 Å². The minimum atomic E-state index is 0.495. The van der Waals surface area contributed by atoms with E-state index in [0.29, 0.717) is 24.7 Å². The van der Waals surface area contributed by atoms with Crippen molar-refractivity contribution in [1.82, 2.24) is 24.4 Å². The van der Waals surface area contributed by atoms with Crippen LogP contribution in [0.4, 0.5) is 11.8 Å². The molecule has 3 heterocycles. The van der Waals surface area contributed by atoms with Crippen molar-refractivity contribution < 1.29 is 14.2 Å². The van der Waals surface area contributed by atoms with Crippen LogP contribution in [0.25, 0.3) is 11.2 Å². The van der Waals surface area contributed by atoms with Gasteiger partial charge in [-0.05, 0) is 56.1 Å². The molecule has 1 fully saturated rings. The number of nitrogens with one attached hydrogen (secondary N) is 2. The lowest BCUT2D eigenvalue weighted by molar-refractivity contribution is 0.220. The average molecular weight is 574 g/mol. The average Bonchev–Trinajstić information content (AvgIpc) is 3.43. The predicted octanol–water partition coefficient (Wildman–Crippen LogP) is 5.71. The van der Waals surface area contributed by atoms with Crippen LogP contribution >= 0.6 is 0 Å². The van der Waals surface area contributed by atoms with Gasteiger partial charge in [0.15, 0.2) is 11.5 Å². The van der Waals surface area contributed by atoms with E-state index in [1.54, 1.807) is 21.3 Å². The van der Waals surface area contributed by atoms with Crippen molar-refractivity contribution in [3.63, 3.8) is 0 Å². The fraction of sp³-hybridized carbons (Fsp3) is 0.469. The minimum absolute atomic E-state index is 0.495. The fourth-order valence-electron chi connectivity index (χ4n) is 5.43. The molecule has 0 spiro atoms. The molecule has 2 aromatic heterocycles. The summed E-state index contributed by atoms with van der Waals surface area (Å²) < 4.78 is 18.8. The van der Waals surface area contributed by atoms with Gasteiger partial charge in [-0.15, -0.1) is 0 Å². The van der Waals surface area contributed by atoms with Crippen LogP contribution in [0.15, 0.2) is 42.7 Å². The van der Waals surface area contributed by atoms with Crippen molar-refractivity contribution in [2.24, 2.45) is 0 Å². The Morgan fingerprint density at radius 3 is 2.38 bits per heavy atom. The van der Waals surface area contributed by atoms with Gasteiger partial charge in [-0.25, -0.2) is 4.98 Å². The molecule has 0 bridgehead atoms. The zero-order valence-corrected chi connectivity index (χ0v) is 25.3. The number of ether oxygens (including phenoxy) is 3. The summed E-state index contributed by atoms with van der Waals surface area (Å²) in [4.78, 5) is 16.8. The Balaban J connectivity index is 1.38. The Kier molecular flexibility index (Phi) is 9.97. The summed E-state index contributed by atoms with van der Waals surface area (Å²) in [7, 11) is 5.04. The van der Waals surface area contributed by atoms with Crippen molar-refractivity contribution in [1.29, 1.82) is 0 Å². The molecular formula is C32H43N7O3. The molecule has 2 aromatic carbocycles. The standard InChI is InChI=1S/C32H43N7O3/c1-5-6-14-33-30-29-31(37-32(36-30)34-19-24-12-13-26(40-2)18-28(24)42-4)35-22-39(29)21-25-11-10-23(17-27(25)41-3)20-38-15-8-7-9-16-38/h10-13,17-18,22H,5-9,14-16,19-21H2,1-4H3,(H2,33,34,36,37). The van der Waals surface area contributed by atoms with E-state index in [9.17, 15) is 0 Å². The zero-order valence-electron chi connectivity index (χ0n) is 25.3. The first kappa shape index (κ1) is 29.4. The highest BCUT2D eigenvalue weighted by molar-refractivity contribution is 5.84. The number of anilines is 2. The Hall–Kier alpha value is -4.05. The summed E-state index contributed by atoms with van der Waals surface area (Å²) in [5, 5.41) is 6.89. The molecule has 0 aliphatic carbocycles. The van der Waals surface area contributed by atoms with Crippen LogP contribution in [0, 0.1) is 0 Å². The second kappa shape index (κ2) is 14.2. The largest absolute Gasteiger partial charge is 0.497 e. The van der Waals surface area contributed by atoms with E-state index in [-0.39, 0.29) is 0 Å². The van der Waals surface area contributed by atoms with Gasteiger partial charge in [-0.3, -0.25) is 4.90 Å². The second-order valence-electron chi connectivity index (χ2n) is 10.7. The number of piperidine rings is 1. The number of imidazole rings is 1. The summed E-state index contributed by atoms with van der Waals surface area (Å²) in [6.45, 7) is 7.39. The number of likely N-dealkylation sites (tertiary alicyclic amines) is 1. The summed E-state index contributed by atoms with van der Waals surface area (Å²) in [5.41, 5.74) is 4.85. The Morgan fingerprint density at radius 1 is 0.833 bits per heavy atom. The third-order valence-electron chi connectivity index (χ3n) is 7.77. The number of aromatic nitrogens is 4. The molecule has 5 rings (SSSR count). The monoisotopic (exact) mass is 573 g/mol. The third-order valence-corrected chi connectivity index (χ3v) is 7.77. The highest BCUT2D eigenvalue weighted by Crippen LogP contribution is 2.28. The quantitative estimate of drug-likeness (QED) is 0.184. The van der Waals surface area contributed by atoms with E-state index < -0.39 is 0 Å². The highest BCUT2D eigenvalue weighted by atomic mass is 16.5. The fourth-order valence-corrected chi connectivity index (χ4v) is 5.43. The van der Waals surface area contributed by atoms with E-state index in [4.69, 9.17) is 24.2 Å². The van der Waals surface area contributed by atoms with Crippen LogP contribution in [0.2, 0.25) is 0 Å². The van der Waals surface area contributed by atoms with Crippen molar-refractivity contribution in [2.45, 2.75) is 58.7 Å². The maximum atomic E-state index is 5.84. The number of hydrogen-bond donors (Lipinski definition) is 2. The number of fused-ring (bicyclic) bond motifs is 1. The van der Waals surface area contributed by atoms with E-state index >= 15 is 0 Å². The molecule has 10 heteroatoms. The summed E-state index contributed by atoms with van der Waals surface area (Å²) in [5.74, 6) is 3.64. The molecule has 0 saturated carbocycles. The molecule has 0 unspecified atom stereocenters. The molecule has 4 aromatic rings. The zero-order chi connectivity index (χ0) is 29.3. The smallest absolute Gasteiger partial charge is 0.227 e. The molecule has 10 nitrogen and oxygen atoms in total. The summed E-state index contributed by atoms with van der Waals surface area (Å²) in [6.07, 6.45) is 7.87. The van der Waals surface area contributed by atoms with Crippen molar-refractivity contribution in [3.05, 3.63) is 59.4 Å². The molecule has 224 valence electrons. The van der Waals surface area contributed by atoms with Gasteiger partial charge in [0.05, 0.1) is 34.2 Å². The molecule has 1 aliphatic heterocycles. The number of methoxy groups -OCH3 is 3. The number of benzene rings is 2. The maximum absolute atomic E-state index is 5.84. The SMILES string of the molecule is CCCCNc1nc(NCc2ccc(OC)cc2OC)nc2ncn(Cc3ccc(CN4CCCCC4)cc3OC)c12. The van der Waals surface area contributed by atoms with Crippen LogP contribution in [0.5, 0.6) is 17.2 Å². The van der Waals surface area contributed by atoms with Gasteiger partial charge < -0.3 is 29.4 Å². The number of rotatable bonds is 14. The lowest BCUT2D eigenvalue weighted by atomic mass is 10.1. The van der Waals surface area contributed by atoms with Gasteiger partial charge in [0.2, 0.25) is 5.95 Å². The Morgan fingerprint density at radius 2 is 1.62 bits per heavy atom. The lowest BCUT2D eigenvalue weighted by Gasteiger charge is -2.26. The molecule has 0 atom stereocenters. The van der Waals surface area contributed by atoms with Crippen molar-refractivity contribution >= 4 is 22.9 Å². The molecule has 0 amide bonds. The van der Waals surface area contributed by atoms with Crippen molar-refractivity contribution in [2.75, 3.05) is 51.6 Å². The number of nitrogens with zero attached hydrogens (tertiary/aromatic N) is 5. The minimum Gasteiger partial charge on any atom is -0.497 e. The van der Waals surface area contributed by atoms with Crippen LogP contribution in [-0.2, 0) is 19.6 Å². The summed E-state index contributed by atoms with van der Waals surface area (Å²) >= 11 is 0. The Bertz CT molecular complexity index is 1470. The van der Waals surface area contributed by atoms with E-state index in [1.165, 1.54) is 37.9 Å². The second-order valence-corrected chi connectivity index (χ2v) is 10.7. The third kappa shape index (κ3) is 7.05. The van der Waals surface area contributed by atoms with Gasteiger partial charge in [0.1, 0.15) is 22.8 Å². The molecular weight excluding hydrogens is 530 g/mol. The van der Waals surface area contributed by atoms with Crippen LogP contribution in [0.3, 0.4) is 0 Å². The van der Waals surface area contributed by atoms with E-state index in [2.05, 4.69) is 50.2 Å². The first-order valence-corrected chi connectivity index (χ1v) is 14.9. The molecule has 2 N–H and O–H groups in total. The predicted molar refractivity (Wildman–Crippen MR) is 167 cm³/mol. The molecule has 0 radical (unpaired) electrons. The first-order valence-electron chi connectivity index (χ1n) is 14.9. The normalized spacial score (nSPS) is 13.7. The maximum Gasteiger partial charge on any atom is 0.227 e. The topological polar surface area (TPSA) is 98.6 Å². The van der Waals surface area contributed by atoms with Gasteiger partial charge in [-0.1, -0.05) is 31.9 Å². The molecule has 1 aliphatic rings. The van der Waals surface area contributed by atoms with Crippen LogP contribution in [-0.4, -0.2) is 65.4 Å². The summed E-state index contributed by atoms with van der Waals surface area (Å²) in [6, 6.07) is 12.3. The van der Waals surface area contributed by atoms with E-state index in [0.717, 1.165) is 65.6 Å².